The zero-order valence-corrected chi connectivity index (χ0v) is 10.4. The highest BCUT2D eigenvalue weighted by Crippen LogP contribution is 2.09. The molecule has 1 aliphatic heterocycles. The van der Waals surface area contributed by atoms with Gasteiger partial charge in [0.15, 0.2) is 5.78 Å². The van der Waals surface area contributed by atoms with Crippen LogP contribution in [0.5, 0.6) is 0 Å². The minimum absolute atomic E-state index is 0.174. The molecule has 0 atom stereocenters. The zero-order valence-electron chi connectivity index (χ0n) is 10.4. The average molecular weight is 230 g/mol. The molecule has 0 radical (unpaired) electrons. The summed E-state index contributed by atoms with van der Waals surface area (Å²) in [5.74, 6) is 0.174. The van der Waals surface area contributed by atoms with Gasteiger partial charge in [-0.25, -0.2) is 0 Å². The molecule has 1 heterocycles. The molecule has 3 heteroatoms. The lowest BCUT2D eigenvalue weighted by molar-refractivity contribution is 0.0946. The third-order valence-corrected chi connectivity index (χ3v) is 2.98. The number of rotatable bonds is 4. The van der Waals surface area contributed by atoms with Crippen molar-refractivity contribution < 1.29 is 4.79 Å². The lowest BCUT2D eigenvalue weighted by Crippen LogP contribution is -2.29. The number of hydrogen-bond donors (Lipinski definition) is 0. The molecule has 3 nitrogen and oxygen atoms in total. The fourth-order valence-corrected chi connectivity index (χ4v) is 1.84. The van der Waals surface area contributed by atoms with E-state index in [-0.39, 0.29) is 5.78 Å². The van der Waals surface area contributed by atoms with Crippen LogP contribution >= 0.6 is 0 Å². The lowest BCUT2D eigenvalue weighted by Gasteiger charge is -2.19. The average Bonchev–Trinajstić information content (AvgIpc) is 2.77. The van der Waals surface area contributed by atoms with Crippen molar-refractivity contribution in [1.29, 1.82) is 0 Å². The van der Waals surface area contributed by atoms with Crippen LogP contribution in [0.1, 0.15) is 22.8 Å². The number of Topliss-reactive ketones (excluding diaryl/α,β-unsaturated/α-hetero) is 1. The molecule has 0 N–H and O–H groups in total. The van der Waals surface area contributed by atoms with Gasteiger partial charge in [-0.05, 0) is 13.8 Å². The molecule has 1 aromatic carbocycles. The number of benzene rings is 1. The van der Waals surface area contributed by atoms with E-state index in [0.717, 1.165) is 18.8 Å². The van der Waals surface area contributed by atoms with Gasteiger partial charge < -0.3 is 9.80 Å². The molecule has 0 fully saturated rings. The summed E-state index contributed by atoms with van der Waals surface area (Å²) >= 11 is 0. The Balaban J connectivity index is 1.94. The van der Waals surface area contributed by atoms with Crippen LogP contribution in [-0.2, 0) is 0 Å². The highest BCUT2D eigenvalue weighted by atomic mass is 16.1. The lowest BCUT2D eigenvalue weighted by atomic mass is 10.1. The first-order chi connectivity index (χ1) is 8.19. The van der Waals surface area contributed by atoms with Crippen molar-refractivity contribution in [2.75, 3.05) is 19.8 Å². The van der Waals surface area contributed by atoms with Gasteiger partial charge in [-0.2, -0.15) is 0 Å². The summed E-state index contributed by atoms with van der Waals surface area (Å²) in [6, 6.07) is 7.75. The Hall–Kier alpha value is -1.77. The van der Waals surface area contributed by atoms with Crippen LogP contribution in [0.25, 0.3) is 0 Å². The van der Waals surface area contributed by atoms with Gasteiger partial charge in [-0.3, -0.25) is 4.79 Å². The van der Waals surface area contributed by atoms with Crippen LogP contribution in [0.15, 0.2) is 36.7 Å². The quantitative estimate of drug-likeness (QED) is 0.741. The monoisotopic (exact) mass is 230 g/mol. The first kappa shape index (κ1) is 11.7. The molecule has 0 spiro atoms. The molecule has 0 saturated carbocycles. The Labute approximate surface area is 102 Å². The van der Waals surface area contributed by atoms with Crippen LogP contribution in [-0.4, -0.2) is 35.3 Å². The fraction of sp³-hybridized carbons (Fsp3) is 0.357. The van der Waals surface area contributed by atoms with Crippen molar-refractivity contribution in [2.24, 2.45) is 0 Å². The van der Waals surface area contributed by atoms with E-state index in [9.17, 15) is 4.79 Å². The van der Waals surface area contributed by atoms with Crippen LogP contribution in [0.4, 0.5) is 0 Å². The molecule has 0 aliphatic carbocycles. The van der Waals surface area contributed by atoms with Crippen molar-refractivity contribution in [3.63, 3.8) is 0 Å². The number of aryl methyl sites for hydroxylation is 1. The summed E-state index contributed by atoms with van der Waals surface area (Å²) in [6.07, 6.45) is 4.01. The van der Waals surface area contributed by atoms with Gasteiger partial charge in [0, 0.05) is 24.5 Å². The largest absolute Gasteiger partial charge is 0.359 e. The zero-order chi connectivity index (χ0) is 12.3. The van der Waals surface area contributed by atoms with Crippen LogP contribution < -0.4 is 0 Å². The molecular weight excluding hydrogens is 212 g/mol. The first-order valence-corrected chi connectivity index (χ1v) is 5.95. The summed E-state index contributed by atoms with van der Waals surface area (Å²) in [5.41, 5.74) is 1.97. The predicted octanol–water partition coefficient (Wildman–Crippen LogP) is 2.24. The highest BCUT2D eigenvalue weighted by Gasteiger charge is 2.14. The Kier molecular flexibility index (Phi) is 3.47. The maximum Gasteiger partial charge on any atom is 0.182 e. The first-order valence-electron chi connectivity index (χ1n) is 5.95. The van der Waals surface area contributed by atoms with Crippen molar-refractivity contribution in [2.45, 2.75) is 13.8 Å². The molecule has 1 aliphatic rings. The van der Waals surface area contributed by atoms with Crippen LogP contribution in [0.3, 0.4) is 0 Å². The van der Waals surface area contributed by atoms with E-state index in [1.807, 2.05) is 48.5 Å². The number of ketones is 1. The summed E-state index contributed by atoms with van der Waals surface area (Å²) in [5, 5.41) is 0. The molecule has 90 valence electrons. The second kappa shape index (κ2) is 5.04. The van der Waals surface area contributed by atoms with Crippen LogP contribution in [0.2, 0.25) is 0 Å². The van der Waals surface area contributed by atoms with Gasteiger partial charge in [0.2, 0.25) is 0 Å². The Morgan fingerprint density at radius 1 is 1.18 bits per heavy atom. The van der Waals surface area contributed by atoms with E-state index in [1.54, 1.807) is 0 Å². The van der Waals surface area contributed by atoms with Crippen molar-refractivity contribution in [3.8, 4) is 0 Å². The standard InChI is InChI=1S/C14H18N2O/c1-3-15-8-9-16(11-15)10-14(17)13-6-4-12(2)5-7-13/h4-9H,3,10-11H2,1-2H3. The Morgan fingerprint density at radius 2 is 1.82 bits per heavy atom. The van der Waals surface area contributed by atoms with Gasteiger partial charge in [-0.1, -0.05) is 29.8 Å². The maximum atomic E-state index is 12.0. The maximum absolute atomic E-state index is 12.0. The SMILES string of the molecule is CCN1C=CN(CC(=O)c2ccc(C)cc2)C1. The number of nitrogens with zero attached hydrogens (tertiary/aromatic N) is 2. The Morgan fingerprint density at radius 3 is 2.41 bits per heavy atom. The molecular formula is C14H18N2O. The second-order valence-electron chi connectivity index (χ2n) is 4.38. The van der Waals surface area contributed by atoms with Gasteiger partial charge in [0.1, 0.15) is 0 Å². The van der Waals surface area contributed by atoms with E-state index in [2.05, 4.69) is 11.8 Å². The second-order valence-corrected chi connectivity index (χ2v) is 4.38. The molecule has 2 rings (SSSR count). The molecule has 17 heavy (non-hydrogen) atoms. The van der Waals surface area contributed by atoms with Crippen LogP contribution in [0, 0.1) is 6.92 Å². The summed E-state index contributed by atoms with van der Waals surface area (Å²) in [4.78, 5) is 16.2. The molecule has 0 bridgehead atoms. The van der Waals surface area contributed by atoms with Crippen molar-refractivity contribution in [1.82, 2.24) is 9.80 Å². The molecule has 0 aromatic heterocycles. The number of hydrogen-bond acceptors (Lipinski definition) is 3. The normalized spacial score (nSPS) is 14.5. The molecule has 0 unspecified atom stereocenters. The van der Waals surface area contributed by atoms with E-state index in [4.69, 9.17) is 0 Å². The van der Waals surface area contributed by atoms with Gasteiger partial charge in [0.25, 0.3) is 0 Å². The van der Waals surface area contributed by atoms with Crippen molar-refractivity contribution in [3.05, 3.63) is 47.8 Å². The molecule has 0 saturated heterocycles. The third kappa shape index (κ3) is 2.87. The molecule has 0 amide bonds. The Bertz CT molecular complexity index is 422. The summed E-state index contributed by atoms with van der Waals surface area (Å²) in [6.45, 7) is 6.38. The number of carbonyl (C=O) groups is 1. The number of carbonyl (C=O) groups excluding carboxylic acids is 1. The van der Waals surface area contributed by atoms with Gasteiger partial charge >= 0.3 is 0 Å². The fourth-order valence-electron chi connectivity index (χ4n) is 1.84. The van der Waals surface area contributed by atoms with E-state index >= 15 is 0 Å². The minimum Gasteiger partial charge on any atom is -0.359 e. The van der Waals surface area contributed by atoms with Gasteiger partial charge in [0.05, 0.1) is 13.2 Å². The van der Waals surface area contributed by atoms with E-state index in [1.165, 1.54) is 5.56 Å². The van der Waals surface area contributed by atoms with E-state index in [0.29, 0.717) is 6.54 Å². The minimum atomic E-state index is 0.174. The summed E-state index contributed by atoms with van der Waals surface area (Å²) < 4.78 is 0. The van der Waals surface area contributed by atoms with Crippen molar-refractivity contribution >= 4 is 5.78 Å². The topological polar surface area (TPSA) is 23.6 Å². The highest BCUT2D eigenvalue weighted by molar-refractivity contribution is 5.97. The summed E-state index contributed by atoms with van der Waals surface area (Å²) in [7, 11) is 0. The third-order valence-electron chi connectivity index (χ3n) is 2.98. The van der Waals surface area contributed by atoms with Gasteiger partial charge in [-0.15, -0.1) is 0 Å². The smallest absolute Gasteiger partial charge is 0.182 e. The predicted molar refractivity (Wildman–Crippen MR) is 68.6 cm³/mol. The molecule has 1 aromatic rings. The van der Waals surface area contributed by atoms with E-state index < -0.39 is 0 Å².